The van der Waals surface area contributed by atoms with Crippen LogP contribution in [0.1, 0.15) is 31.7 Å². The van der Waals surface area contributed by atoms with Crippen molar-refractivity contribution >= 4 is 23.0 Å². The third kappa shape index (κ3) is 3.29. The van der Waals surface area contributed by atoms with E-state index < -0.39 is 0 Å². The van der Waals surface area contributed by atoms with Crippen LogP contribution < -0.4 is 16.4 Å². The summed E-state index contributed by atoms with van der Waals surface area (Å²) in [6.07, 6.45) is 3.93. The molecular weight excluding hydrogens is 264 g/mol. The second kappa shape index (κ2) is 5.93. The number of anilines is 3. The molecule has 0 saturated carbocycles. The van der Waals surface area contributed by atoms with Crippen LogP contribution in [0.2, 0.25) is 0 Å². The molecule has 2 heterocycles. The van der Waals surface area contributed by atoms with E-state index in [1.807, 2.05) is 12.1 Å². The number of nitrogens with two attached hydrogens (primary N) is 1. The normalized spacial score (nSPS) is 20.0. The van der Waals surface area contributed by atoms with Crippen molar-refractivity contribution in [1.82, 2.24) is 4.90 Å². The maximum absolute atomic E-state index is 11.5. The Morgan fingerprint density at radius 1 is 1.33 bits per heavy atom. The first-order chi connectivity index (χ1) is 10.1. The van der Waals surface area contributed by atoms with E-state index in [2.05, 4.69) is 22.5 Å². The Morgan fingerprint density at radius 2 is 2.10 bits per heavy atom. The monoisotopic (exact) mass is 288 g/mol. The summed E-state index contributed by atoms with van der Waals surface area (Å²) < 4.78 is 0. The highest BCUT2D eigenvalue weighted by Gasteiger charge is 2.18. The topological polar surface area (TPSA) is 70.4 Å². The van der Waals surface area contributed by atoms with E-state index in [0.29, 0.717) is 12.5 Å². The number of fused-ring (bicyclic) bond motifs is 1. The molecule has 0 aromatic heterocycles. The molecule has 1 aromatic rings. The number of hydrogen-bond acceptors (Lipinski definition) is 4. The van der Waals surface area contributed by atoms with E-state index in [9.17, 15) is 4.79 Å². The molecule has 0 radical (unpaired) electrons. The van der Waals surface area contributed by atoms with E-state index in [-0.39, 0.29) is 5.91 Å². The summed E-state index contributed by atoms with van der Waals surface area (Å²) in [7, 11) is 0. The molecule has 4 N–H and O–H groups in total. The van der Waals surface area contributed by atoms with Gasteiger partial charge in [-0.25, -0.2) is 0 Å². The van der Waals surface area contributed by atoms with Gasteiger partial charge < -0.3 is 21.3 Å². The average molecular weight is 288 g/mol. The zero-order valence-corrected chi connectivity index (χ0v) is 12.6. The van der Waals surface area contributed by atoms with Gasteiger partial charge in [-0.05, 0) is 57.0 Å². The number of nitrogens with zero attached hydrogens (tertiary/aromatic N) is 1. The van der Waals surface area contributed by atoms with Gasteiger partial charge in [0.05, 0.1) is 11.4 Å². The standard InChI is InChI=1S/C16H24N4O/c1-11(10-20-6-2-3-7-20)18-15-9-14-12(8-13(15)17)4-5-16(21)19-14/h8-9,11,18H,2-7,10,17H2,1H3,(H,19,21). The third-order valence-electron chi connectivity index (χ3n) is 4.30. The SMILES string of the molecule is CC(CN1CCCC1)Nc1cc2c(cc1N)CCC(=O)N2. The van der Waals surface area contributed by atoms with Crippen molar-refractivity contribution in [2.24, 2.45) is 0 Å². The van der Waals surface area contributed by atoms with Gasteiger partial charge in [0.25, 0.3) is 0 Å². The number of nitrogens with one attached hydrogen (secondary N) is 2. The lowest BCUT2D eigenvalue weighted by Crippen LogP contribution is -2.33. The largest absolute Gasteiger partial charge is 0.397 e. The minimum Gasteiger partial charge on any atom is -0.397 e. The van der Waals surface area contributed by atoms with Crippen LogP contribution in [0.5, 0.6) is 0 Å². The summed E-state index contributed by atoms with van der Waals surface area (Å²) in [5.41, 5.74) is 9.86. The van der Waals surface area contributed by atoms with E-state index in [4.69, 9.17) is 5.73 Å². The van der Waals surface area contributed by atoms with Crippen LogP contribution in [0.3, 0.4) is 0 Å². The molecule has 1 atom stereocenters. The van der Waals surface area contributed by atoms with Gasteiger partial charge in [0.1, 0.15) is 0 Å². The number of hydrogen-bond donors (Lipinski definition) is 3. The van der Waals surface area contributed by atoms with Gasteiger partial charge in [0.2, 0.25) is 5.91 Å². The van der Waals surface area contributed by atoms with Crippen LogP contribution in [-0.4, -0.2) is 36.5 Å². The quantitative estimate of drug-likeness (QED) is 0.742. The van der Waals surface area contributed by atoms with Crippen molar-refractivity contribution in [2.75, 3.05) is 36.0 Å². The Bertz CT molecular complexity index is 537. The number of carbonyl (C=O) groups is 1. The highest BCUT2D eigenvalue weighted by Crippen LogP contribution is 2.31. The average Bonchev–Trinajstić information content (AvgIpc) is 2.93. The van der Waals surface area contributed by atoms with Crippen LogP contribution >= 0.6 is 0 Å². The Kier molecular flexibility index (Phi) is 4.01. The molecule has 5 nitrogen and oxygen atoms in total. The summed E-state index contributed by atoms with van der Waals surface area (Å²) in [6.45, 7) is 5.60. The second-order valence-electron chi connectivity index (χ2n) is 6.20. The first-order valence-electron chi connectivity index (χ1n) is 7.83. The molecule has 1 fully saturated rings. The van der Waals surface area contributed by atoms with Crippen molar-refractivity contribution in [2.45, 2.75) is 38.6 Å². The summed E-state index contributed by atoms with van der Waals surface area (Å²) >= 11 is 0. The Hall–Kier alpha value is -1.75. The molecule has 1 amide bonds. The molecule has 2 aliphatic rings. The fraction of sp³-hybridized carbons (Fsp3) is 0.562. The molecule has 114 valence electrons. The maximum atomic E-state index is 11.5. The molecular formula is C16H24N4O. The first-order valence-corrected chi connectivity index (χ1v) is 7.83. The van der Waals surface area contributed by atoms with Crippen molar-refractivity contribution in [3.05, 3.63) is 17.7 Å². The summed E-state index contributed by atoms with van der Waals surface area (Å²) in [6, 6.07) is 4.30. The first kappa shape index (κ1) is 14.2. The number of likely N-dealkylation sites (tertiary alicyclic amines) is 1. The summed E-state index contributed by atoms with van der Waals surface area (Å²) in [4.78, 5) is 14.0. The Balaban J connectivity index is 1.69. The lowest BCUT2D eigenvalue weighted by molar-refractivity contribution is -0.116. The van der Waals surface area contributed by atoms with Crippen molar-refractivity contribution in [1.29, 1.82) is 0 Å². The fourth-order valence-corrected chi connectivity index (χ4v) is 3.24. The molecule has 1 unspecified atom stereocenters. The highest BCUT2D eigenvalue weighted by atomic mass is 16.1. The van der Waals surface area contributed by atoms with Crippen LogP contribution in [0, 0.1) is 0 Å². The van der Waals surface area contributed by atoms with E-state index in [0.717, 1.165) is 35.6 Å². The molecule has 21 heavy (non-hydrogen) atoms. The van der Waals surface area contributed by atoms with Gasteiger partial charge in [-0.15, -0.1) is 0 Å². The molecule has 0 bridgehead atoms. The second-order valence-corrected chi connectivity index (χ2v) is 6.20. The van der Waals surface area contributed by atoms with Gasteiger partial charge in [-0.2, -0.15) is 0 Å². The molecule has 2 aliphatic heterocycles. The third-order valence-corrected chi connectivity index (χ3v) is 4.30. The molecule has 1 saturated heterocycles. The highest BCUT2D eigenvalue weighted by molar-refractivity contribution is 5.95. The number of benzene rings is 1. The number of aryl methyl sites for hydroxylation is 1. The smallest absolute Gasteiger partial charge is 0.224 e. The minimum absolute atomic E-state index is 0.0864. The van der Waals surface area contributed by atoms with Gasteiger partial charge >= 0.3 is 0 Å². The molecule has 3 rings (SSSR count). The van der Waals surface area contributed by atoms with Gasteiger partial charge in [-0.3, -0.25) is 4.79 Å². The van der Waals surface area contributed by atoms with Gasteiger partial charge in [-0.1, -0.05) is 0 Å². The number of rotatable bonds is 4. The van der Waals surface area contributed by atoms with E-state index >= 15 is 0 Å². The zero-order valence-electron chi connectivity index (χ0n) is 12.6. The Labute approximate surface area is 125 Å². The predicted octanol–water partition coefficient (Wildman–Crippen LogP) is 2.05. The summed E-state index contributed by atoms with van der Waals surface area (Å²) in [5, 5.41) is 6.41. The van der Waals surface area contributed by atoms with Crippen molar-refractivity contribution in [3.8, 4) is 0 Å². The van der Waals surface area contributed by atoms with Gasteiger partial charge in [0, 0.05) is 24.7 Å². The lowest BCUT2D eigenvalue weighted by Gasteiger charge is -2.24. The maximum Gasteiger partial charge on any atom is 0.224 e. The number of carbonyl (C=O) groups excluding carboxylic acids is 1. The molecule has 5 heteroatoms. The fourth-order valence-electron chi connectivity index (χ4n) is 3.24. The van der Waals surface area contributed by atoms with Crippen LogP contribution in [0.4, 0.5) is 17.1 Å². The minimum atomic E-state index is 0.0864. The van der Waals surface area contributed by atoms with Crippen molar-refractivity contribution < 1.29 is 4.79 Å². The number of nitrogen functional groups attached to an aromatic ring is 1. The van der Waals surface area contributed by atoms with E-state index in [1.54, 1.807) is 0 Å². The molecule has 1 aromatic carbocycles. The Morgan fingerprint density at radius 3 is 2.86 bits per heavy atom. The van der Waals surface area contributed by atoms with Gasteiger partial charge in [0.15, 0.2) is 0 Å². The lowest BCUT2D eigenvalue weighted by atomic mass is 10.0. The van der Waals surface area contributed by atoms with Crippen molar-refractivity contribution in [3.63, 3.8) is 0 Å². The summed E-state index contributed by atoms with van der Waals surface area (Å²) in [5.74, 6) is 0.0864. The number of amides is 1. The predicted molar refractivity (Wildman–Crippen MR) is 86.6 cm³/mol. The molecule has 0 aliphatic carbocycles. The molecule has 0 spiro atoms. The van der Waals surface area contributed by atoms with Crippen LogP contribution in [-0.2, 0) is 11.2 Å². The van der Waals surface area contributed by atoms with Crippen LogP contribution in [0.15, 0.2) is 12.1 Å². The van der Waals surface area contributed by atoms with Crippen LogP contribution in [0.25, 0.3) is 0 Å². The van der Waals surface area contributed by atoms with E-state index in [1.165, 1.54) is 25.9 Å². The zero-order chi connectivity index (χ0) is 14.8.